The van der Waals surface area contributed by atoms with Crippen molar-refractivity contribution in [2.75, 3.05) is 7.11 Å². The molecular weight excluding hydrogens is 302 g/mol. The SMILES string of the molecule is COC(=O)NC(=O)[C@H](C)OC(=O)Cc1coc2cc(C)ccc12. The van der Waals surface area contributed by atoms with Crippen LogP contribution in [0, 0.1) is 6.92 Å². The van der Waals surface area contributed by atoms with Crippen LogP contribution >= 0.6 is 0 Å². The second-order valence-electron chi connectivity index (χ2n) is 5.05. The Hall–Kier alpha value is -2.83. The number of methoxy groups -OCH3 is 1. The van der Waals surface area contributed by atoms with Crippen molar-refractivity contribution in [3.05, 3.63) is 35.6 Å². The van der Waals surface area contributed by atoms with Crippen molar-refractivity contribution >= 4 is 28.9 Å². The molecule has 0 saturated carbocycles. The van der Waals surface area contributed by atoms with E-state index in [0.717, 1.165) is 18.1 Å². The number of amides is 2. The normalized spacial score (nSPS) is 11.8. The molecule has 2 amide bonds. The molecule has 0 radical (unpaired) electrons. The predicted molar refractivity (Wildman–Crippen MR) is 80.8 cm³/mol. The van der Waals surface area contributed by atoms with Crippen LogP contribution in [0.2, 0.25) is 0 Å². The fourth-order valence-electron chi connectivity index (χ4n) is 2.03. The molecule has 122 valence electrons. The first-order valence-electron chi connectivity index (χ1n) is 6.95. The fourth-order valence-corrected chi connectivity index (χ4v) is 2.03. The monoisotopic (exact) mass is 319 g/mol. The van der Waals surface area contributed by atoms with Crippen LogP contribution in [0.15, 0.2) is 28.9 Å². The third-order valence-corrected chi connectivity index (χ3v) is 3.23. The summed E-state index contributed by atoms with van der Waals surface area (Å²) >= 11 is 0. The van der Waals surface area contributed by atoms with Gasteiger partial charge in [0.1, 0.15) is 5.58 Å². The van der Waals surface area contributed by atoms with Crippen LogP contribution in [0.4, 0.5) is 4.79 Å². The van der Waals surface area contributed by atoms with Gasteiger partial charge < -0.3 is 13.9 Å². The number of imide groups is 1. The summed E-state index contributed by atoms with van der Waals surface area (Å²) < 4.78 is 14.7. The number of carbonyl (C=O) groups is 3. The number of rotatable bonds is 4. The Kier molecular flexibility index (Phi) is 5.00. The molecule has 0 bridgehead atoms. The summed E-state index contributed by atoms with van der Waals surface area (Å²) in [6, 6.07) is 5.65. The number of furan rings is 1. The molecule has 1 aromatic heterocycles. The van der Waals surface area contributed by atoms with Crippen molar-refractivity contribution in [3.63, 3.8) is 0 Å². The topological polar surface area (TPSA) is 94.8 Å². The van der Waals surface area contributed by atoms with E-state index in [4.69, 9.17) is 9.15 Å². The van der Waals surface area contributed by atoms with Crippen molar-refractivity contribution < 1.29 is 28.3 Å². The zero-order valence-corrected chi connectivity index (χ0v) is 13.0. The van der Waals surface area contributed by atoms with Crippen LogP contribution in [-0.4, -0.2) is 31.2 Å². The Morgan fingerprint density at radius 2 is 2.04 bits per heavy atom. The first-order valence-corrected chi connectivity index (χ1v) is 6.95. The Labute approximate surface area is 132 Å². The number of esters is 1. The number of fused-ring (bicyclic) bond motifs is 1. The molecule has 0 saturated heterocycles. The molecule has 1 atom stereocenters. The lowest BCUT2D eigenvalue weighted by atomic mass is 10.1. The summed E-state index contributed by atoms with van der Waals surface area (Å²) in [5, 5.41) is 2.75. The molecule has 0 aliphatic heterocycles. The third kappa shape index (κ3) is 4.09. The highest BCUT2D eigenvalue weighted by Gasteiger charge is 2.21. The number of hydrogen-bond donors (Lipinski definition) is 1. The van der Waals surface area contributed by atoms with E-state index in [1.807, 2.05) is 30.4 Å². The summed E-state index contributed by atoms with van der Waals surface area (Å²) in [6.45, 7) is 3.31. The van der Waals surface area contributed by atoms with Crippen LogP contribution in [0.25, 0.3) is 11.0 Å². The maximum absolute atomic E-state index is 11.9. The molecule has 0 unspecified atom stereocenters. The van der Waals surface area contributed by atoms with E-state index in [1.165, 1.54) is 13.2 Å². The standard InChI is InChI=1S/C16H17NO6/c1-9-4-5-12-11(8-22-13(12)6-9)7-14(18)23-10(2)15(19)17-16(20)21-3/h4-6,8,10H,7H2,1-3H3,(H,17,19,20)/t10-/m0/s1. The van der Waals surface area contributed by atoms with Crippen molar-refractivity contribution in [3.8, 4) is 0 Å². The van der Waals surface area contributed by atoms with Gasteiger partial charge in [-0.05, 0) is 25.5 Å². The van der Waals surface area contributed by atoms with Gasteiger partial charge in [0.2, 0.25) is 0 Å². The third-order valence-electron chi connectivity index (χ3n) is 3.23. The summed E-state index contributed by atoms with van der Waals surface area (Å²) in [4.78, 5) is 34.5. The second-order valence-corrected chi connectivity index (χ2v) is 5.05. The molecule has 7 heteroatoms. The highest BCUT2D eigenvalue weighted by molar-refractivity contribution is 5.95. The Bertz CT molecular complexity index is 748. The number of aryl methyl sites for hydroxylation is 1. The molecule has 0 aliphatic carbocycles. The molecule has 7 nitrogen and oxygen atoms in total. The van der Waals surface area contributed by atoms with E-state index in [0.29, 0.717) is 11.1 Å². The smallest absolute Gasteiger partial charge is 0.413 e. The van der Waals surface area contributed by atoms with E-state index in [1.54, 1.807) is 0 Å². The lowest BCUT2D eigenvalue weighted by Gasteiger charge is -2.12. The zero-order valence-electron chi connectivity index (χ0n) is 13.0. The van der Waals surface area contributed by atoms with Crippen molar-refractivity contribution in [2.45, 2.75) is 26.4 Å². The molecule has 2 aromatic rings. The minimum absolute atomic E-state index is 0.0358. The summed E-state index contributed by atoms with van der Waals surface area (Å²) in [6.07, 6.45) is -0.563. The summed E-state index contributed by atoms with van der Waals surface area (Å²) in [5.74, 6) is -1.35. The number of hydrogen-bond acceptors (Lipinski definition) is 6. The van der Waals surface area contributed by atoms with E-state index >= 15 is 0 Å². The van der Waals surface area contributed by atoms with E-state index < -0.39 is 24.1 Å². The van der Waals surface area contributed by atoms with Gasteiger partial charge in [0.15, 0.2) is 6.10 Å². The van der Waals surface area contributed by atoms with E-state index in [9.17, 15) is 14.4 Å². The number of carbonyl (C=O) groups excluding carboxylic acids is 3. The van der Waals surface area contributed by atoms with Crippen LogP contribution in [0.1, 0.15) is 18.1 Å². The highest BCUT2D eigenvalue weighted by Crippen LogP contribution is 2.23. The number of benzene rings is 1. The fraction of sp³-hybridized carbons (Fsp3) is 0.312. The molecule has 23 heavy (non-hydrogen) atoms. The molecule has 0 spiro atoms. The van der Waals surface area contributed by atoms with E-state index in [-0.39, 0.29) is 6.42 Å². The molecule has 1 aromatic carbocycles. The first-order chi connectivity index (χ1) is 10.9. The predicted octanol–water partition coefficient (Wildman–Crippen LogP) is 2.10. The van der Waals surface area contributed by atoms with Crippen molar-refractivity contribution in [2.24, 2.45) is 0 Å². The maximum atomic E-state index is 11.9. The quantitative estimate of drug-likeness (QED) is 0.867. The minimum Gasteiger partial charge on any atom is -0.464 e. The molecule has 0 fully saturated rings. The number of nitrogens with one attached hydrogen (secondary N) is 1. The van der Waals surface area contributed by atoms with Crippen molar-refractivity contribution in [1.82, 2.24) is 5.32 Å². The molecular formula is C16H17NO6. The van der Waals surface area contributed by atoms with Gasteiger partial charge in [-0.1, -0.05) is 12.1 Å². The number of alkyl carbamates (subject to hydrolysis) is 1. The lowest BCUT2D eigenvalue weighted by Crippen LogP contribution is -2.39. The first kappa shape index (κ1) is 16.5. The van der Waals surface area contributed by atoms with Gasteiger partial charge in [0.25, 0.3) is 5.91 Å². The largest absolute Gasteiger partial charge is 0.464 e. The molecule has 1 heterocycles. The summed E-state index contributed by atoms with van der Waals surface area (Å²) in [7, 11) is 1.13. The lowest BCUT2D eigenvalue weighted by molar-refractivity contribution is -0.153. The molecule has 1 N–H and O–H groups in total. The maximum Gasteiger partial charge on any atom is 0.413 e. The van der Waals surface area contributed by atoms with Gasteiger partial charge in [-0.25, -0.2) is 4.79 Å². The van der Waals surface area contributed by atoms with Crippen molar-refractivity contribution in [1.29, 1.82) is 0 Å². The van der Waals surface area contributed by atoms with E-state index in [2.05, 4.69) is 4.74 Å². The Morgan fingerprint density at radius 3 is 2.74 bits per heavy atom. The number of ether oxygens (including phenoxy) is 2. The van der Waals surface area contributed by atoms with Crippen LogP contribution in [0.5, 0.6) is 0 Å². The molecule has 0 aliphatic rings. The van der Waals surface area contributed by atoms with Gasteiger partial charge >= 0.3 is 12.1 Å². The summed E-state index contributed by atoms with van der Waals surface area (Å²) in [5.41, 5.74) is 2.41. The van der Waals surface area contributed by atoms with Gasteiger partial charge in [-0.15, -0.1) is 0 Å². The van der Waals surface area contributed by atoms with Crippen LogP contribution in [-0.2, 0) is 25.5 Å². The van der Waals surface area contributed by atoms with Crippen LogP contribution < -0.4 is 5.32 Å². The van der Waals surface area contributed by atoms with Gasteiger partial charge in [0, 0.05) is 10.9 Å². The molecule has 2 rings (SSSR count). The highest BCUT2D eigenvalue weighted by atomic mass is 16.6. The van der Waals surface area contributed by atoms with Gasteiger partial charge in [-0.2, -0.15) is 0 Å². The van der Waals surface area contributed by atoms with Crippen LogP contribution in [0.3, 0.4) is 0 Å². The Balaban J connectivity index is 1.98. The van der Waals surface area contributed by atoms with Gasteiger partial charge in [-0.3, -0.25) is 14.9 Å². The second kappa shape index (κ2) is 6.95. The average molecular weight is 319 g/mol. The zero-order chi connectivity index (χ0) is 17.0. The Morgan fingerprint density at radius 1 is 1.30 bits per heavy atom. The van der Waals surface area contributed by atoms with Gasteiger partial charge in [0.05, 0.1) is 19.8 Å². The average Bonchev–Trinajstić information content (AvgIpc) is 2.88. The minimum atomic E-state index is -1.11.